The third-order valence-electron chi connectivity index (χ3n) is 4.99. The summed E-state index contributed by atoms with van der Waals surface area (Å²) in [5.41, 5.74) is 0.977. The number of halogens is 1. The van der Waals surface area contributed by atoms with Crippen molar-refractivity contribution in [1.29, 1.82) is 0 Å². The maximum absolute atomic E-state index is 14.4. The van der Waals surface area contributed by atoms with E-state index in [1.54, 1.807) is 6.08 Å². The van der Waals surface area contributed by atoms with Gasteiger partial charge in [-0.1, -0.05) is 19.9 Å². The first-order valence-electron chi connectivity index (χ1n) is 10.4. The molecule has 0 spiro atoms. The number of carbonyl (C=O) groups is 2. The van der Waals surface area contributed by atoms with E-state index in [0.29, 0.717) is 23.3 Å². The Morgan fingerprint density at radius 1 is 1.38 bits per heavy atom. The summed E-state index contributed by atoms with van der Waals surface area (Å²) < 4.78 is 38.6. The van der Waals surface area contributed by atoms with Gasteiger partial charge in [0.1, 0.15) is 20.6 Å². The molecule has 1 aliphatic rings. The van der Waals surface area contributed by atoms with Crippen molar-refractivity contribution in [3.8, 4) is 0 Å². The Kier molecular flexibility index (Phi) is 7.56. The van der Waals surface area contributed by atoms with Gasteiger partial charge in [0.05, 0.1) is 25.8 Å². The molecule has 0 bridgehead atoms. The van der Waals surface area contributed by atoms with Gasteiger partial charge in [0.25, 0.3) is 5.91 Å². The first-order chi connectivity index (χ1) is 15.8. The van der Waals surface area contributed by atoms with Crippen LogP contribution < -0.4 is 4.72 Å². The number of ether oxygens (including phenoxy) is 1. The highest BCUT2D eigenvalue weighted by atomic mass is 32.2. The van der Waals surface area contributed by atoms with Gasteiger partial charge in [0, 0.05) is 0 Å². The Hall–Kier alpha value is -2.67. The molecule has 1 aromatic heterocycles. The number of rotatable bonds is 7. The fourth-order valence-electron chi connectivity index (χ4n) is 3.47. The lowest BCUT2D eigenvalue weighted by Crippen LogP contribution is -2.29. The maximum atomic E-state index is 14.4. The van der Waals surface area contributed by atoms with Crippen LogP contribution in [0.4, 0.5) is 9.18 Å². The molecule has 2 heterocycles. The average Bonchev–Trinajstić information content (AvgIpc) is 3.40. The molecule has 3 rings (SSSR count). The molecule has 0 aliphatic carbocycles. The van der Waals surface area contributed by atoms with Gasteiger partial charge in [0.15, 0.2) is 9.92 Å². The molecule has 3 N–H and O–H groups in total. The maximum Gasteiger partial charge on any atom is 0.417 e. The minimum Gasteiger partial charge on any atom is -0.464 e. The highest BCUT2D eigenvalue weighted by molar-refractivity contribution is 7.94. The van der Waals surface area contributed by atoms with Crippen molar-refractivity contribution >= 4 is 38.8 Å². The number of carbonyl (C=O) groups excluding carboxylic acids is 1. The van der Waals surface area contributed by atoms with Crippen molar-refractivity contribution in [2.75, 3.05) is 13.2 Å². The van der Waals surface area contributed by atoms with Crippen LogP contribution >= 0.6 is 11.3 Å². The zero-order valence-corrected chi connectivity index (χ0v) is 20.8. The van der Waals surface area contributed by atoms with Gasteiger partial charge in [-0.25, -0.2) is 23.1 Å². The number of aliphatic hydroxyl groups is 1. The highest BCUT2D eigenvalue weighted by Gasteiger charge is 2.27. The molecule has 2 aromatic rings. The molecular weight excluding hydrogens is 485 g/mol. The van der Waals surface area contributed by atoms with Crippen molar-refractivity contribution in [1.82, 2.24) is 9.71 Å². The summed E-state index contributed by atoms with van der Waals surface area (Å²) in [5, 5.41) is 19.5. The lowest BCUT2D eigenvalue weighted by Gasteiger charge is -2.18. The second-order valence-corrected chi connectivity index (χ2v) is 11.7. The first kappa shape index (κ1) is 25.9. The number of hydrogen-bond acceptors (Lipinski definition) is 7. The van der Waals surface area contributed by atoms with Crippen molar-refractivity contribution < 1.29 is 33.1 Å². The molecule has 1 aromatic carbocycles. The van der Waals surface area contributed by atoms with Crippen LogP contribution in [0.1, 0.15) is 55.3 Å². The van der Waals surface area contributed by atoms with Crippen LogP contribution in [-0.4, -0.2) is 44.6 Å². The first-order valence-corrected chi connectivity index (χ1v) is 12.7. The van der Waals surface area contributed by atoms with E-state index >= 15 is 0 Å². The minimum atomic E-state index is -3.94. The Balaban J connectivity index is 2.08. The Morgan fingerprint density at radius 2 is 2.09 bits per heavy atom. The lowest BCUT2D eigenvalue weighted by atomic mass is 9.88. The molecule has 34 heavy (non-hydrogen) atoms. The zero-order chi connectivity index (χ0) is 25.3. The number of amides is 2. The fourth-order valence-corrected chi connectivity index (χ4v) is 6.06. The fraction of sp³-hybridized carbons (Fsp3) is 0.409. The normalized spacial score (nSPS) is 15.7. The predicted octanol–water partition coefficient (Wildman–Crippen LogP) is 3.83. The SMILES string of the molecule is CC(C)c1cc(F)cc(C2=CCOC2)c1CC(=O)N=S(=O)(NC(=O)O)c1cnc(C(C)(C)O)s1. The van der Waals surface area contributed by atoms with E-state index in [1.807, 2.05) is 18.6 Å². The molecule has 0 fully saturated rings. The number of carboxylic acid groups (broad SMARTS) is 1. The van der Waals surface area contributed by atoms with Gasteiger partial charge in [-0.05, 0) is 54.2 Å². The Labute approximate surface area is 201 Å². The van der Waals surface area contributed by atoms with Crippen LogP contribution in [-0.2, 0) is 31.5 Å². The third kappa shape index (κ3) is 5.87. The van der Waals surface area contributed by atoms with E-state index in [-0.39, 0.29) is 28.2 Å². The van der Waals surface area contributed by atoms with Crippen molar-refractivity contribution in [2.45, 2.75) is 49.8 Å². The standard InChI is InChI=1S/C22H26FN3O6S2/c1-12(2)15-7-14(23)8-16(13-5-6-32-11-13)17(15)9-18(27)25-34(31,26-21(28)29)19-10-24-20(33-19)22(3,4)30/h5,7-8,10,12,30H,6,9,11H2,1-4H3,(H,28,29)(H,25,26,27,31). The summed E-state index contributed by atoms with van der Waals surface area (Å²) in [6.45, 7) is 7.27. The van der Waals surface area contributed by atoms with Crippen LogP contribution in [0.15, 0.2) is 33.0 Å². The molecule has 0 radical (unpaired) electrons. The molecular formula is C22H26FN3O6S2. The zero-order valence-electron chi connectivity index (χ0n) is 19.1. The molecule has 0 saturated carbocycles. The summed E-state index contributed by atoms with van der Waals surface area (Å²) >= 11 is 0.787. The monoisotopic (exact) mass is 511 g/mol. The van der Waals surface area contributed by atoms with Gasteiger partial charge in [-0.15, -0.1) is 15.7 Å². The molecule has 184 valence electrons. The molecule has 1 atom stereocenters. The highest BCUT2D eigenvalue weighted by Crippen LogP contribution is 2.32. The number of aromatic nitrogens is 1. The van der Waals surface area contributed by atoms with Crippen LogP contribution in [0.3, 0.4) is 0 Å². The summed E-state index contributed by atoms with van der Waals surface area (Å²) in [4.78, 5) is 28.4. The summed E-state index contributed by atoms with van der Waals surface area (Å²) in [5.74, 6) is -1.44. The summed E-state index contributed by atoms with van der Waals surface area (Å²) in [7, 11) is -3.94. The second-order valence-electron chi connectivity index (χ2n) is 8.56. The van der Waals surface area contributed by atoms with Gasteiger partial charge in [-0.2, -0.15) is 0 Å². The van der Waals surface area contributed by atoms with Crippen LogP contribution in [0, 0.1) is 5.82 Å². The van der Waals surface area contributed by atoms with Crippen molar-refractivity contribution in [3.05, 3.63) is 51.9 Å². The molecule has 1 aliphatic heterocycles. The third-order valence-corrected chi connectivity index (χ3v) is 8.58. The Bertz CT molecular complexity index is 1270. The molecule has 12 heteroatoms. The smallest absolute Gasteiger partial charge is 0.417 e. The average molecular weight is 512 g/mol. The number of thiazole rings is 1. The van der Waals surface area contributed by atoms with Crippen LogP contribution in [0.25, 0.3) is 5.57 Å². The van der Waals surface area contributed by atoms with E-state index in [1.165, 1.54) is 26.0 Å². The lowest BCUT2D eigenvalue weighted by molar-refractivity contribution is -0.117. The van der Waals surface area contributed by atoms with Gasteiger partial charge in [0.2, 0.25) is 0 Å². The van der Waals surface area contributed by atoms with Crippen LogP contribution in [0.2, 0.25) is 0 Å². The van der Waals surface area contributed by atoms with E-state index in [4.69, 9.17) is 4.74 Å². The quantitative estimate of drug-likeness (QED) is 0.514. The summed E-state index contributed by atoms with van der Waals surface area (Å²) in [6.07, 6.45) is 0.958. The van der Waals surface area contributed by atoms with Crippen molar-refractivity contribution in [2.24, 2.45) is 4.36 Å². The van der Waals surface area contributed by atoms with Crippen molar-refractivity contribution in [3.63, 3.8) is 0 Å². The van der Waals surface area contributed by atoms with E-state index in [9.17, 15) is 28.4 Å². The van der Waals surface area contributed by atoms with Gasteiger partial charge < -0.3 is 14.9 Å². The van der Waals surface area contributed by atoms with E-state index < -0.39 is 33.3 Å². The van der Waals surface area contributed by atoms with Gasteiger partial charge >= 0.3 is 6.09 Å². The minimum absolute atomic E-state index is 0.115. The predicted molar refractivity (Wildman–Crippen MR) is 125 cm³/mol. The number of nitrogens with one attached hydrogen (secondary N) is 1. The molecule has 2 amide bonds. The largest absolute Gasteiger partial charge is 0.464 e. The Morgan fingerprint density at radius 3 is 2.62 bits per heavy atom. The van der Waals surface area contributed by atoms with E-state index in [0.717, 1.165) is 23.1 Å². The molecule has 1 unspecified atom stereocenters. The number of benzene rings is 1. The van der Waals surface area contributed by atoms with E-state index in [2.05, 4.69) is 9.35 Å². The molecule has 9 nitrogen and oxygen atoms in total. The van der Waals surface area contributed by atoms with Crippen LogP contribution in [0.5, 0.6) is 0 Å². The second kappa shape index (κ2) is 9.90. The topological polar surface area (TPSA) is 138 Å². The van der Waals surface area contributed by atoms with Gasteiger partial charge in [-0.3, -0.25) is 4.79 Å². The summed E-state index contributed by atoms with van der Waals surface area (Å²) in [6, 6.07) is 2.67. The number of nitrogens with zero attached hydrogens (tertiary/aromatic N) is 2. The molecule has 0 saturated heterocycles. The number of hydrogen-bond donors (Lipinski definition) is 3.